The maximum absolute atomic E-state index is 12.5. The highest BCUT2D eigenvalue weighted by molar-refractivity contribution is 8.02. The average Bonchev–Trinajstić information content (AvgIpc) is 3.02. The molecule has 2 aromatic rings. The van der Waals surface area contributed by atoms with Crippen LogP contribution in [-0.2, 0) is 4.79 Å². The van der Waals surface area contributed by atoms with Crippen LogP contribution in [0.4, 0.5) is 10.8 Å². The van der Waals surface area contributed by atoms with Crippen molar-refractivity contribution in [1.29, 1.82) is 0 Å². The van der Waals surface area contributed by atoms with E-state index in [0.717, 1.165) is 15.9 Å². The topological polar surface area (TPSA) is 84.0 Å². The van der Waals surface area contributed by atoms with E-state index in [2.05, 4.69) is 20.8 Å². The molecule has 1 amide bonds. The minimum Gasteiger partial charge on any atom is -0.363 e. The van der Waals surface area contributed by atoms with Crippen LogP contribution in [0.25, 0.3) is 0 Å². The number of carbonyl (C=O) groups is 2. The second-order valence-electron chi connectivity index (χ2n) is 5.12. The van der Waals surface area contributed by atoms with Crippen molar-refractivity contribution in [3.8, 4) is 0 Å². The molecular formula is C16H20N4O2S2. The number of nitrogens with one attached hydrogen (secondary N) is 2. The molecule has 0 bridgehead atoms. The zero-order chi connectivity index (χ0) is 17.5. The van der Waals surface area contributed by atoms with Crippen molar-refractivity contribution in [2.24, 2.45) is 0 Å². The van der Waals surface area contributed by atoms with Gasteiger partial charge in [0.2, 0.25) is 11.0 Å². The second-order valence-corrected chi connectivity index (χ2v) is 7.69. The maximum atomic E-state index is 12.5. The molecule has 0 fully saturated rings. The van der Waals surface area contributed by atoms with Crippen molar-refractivity contribution in [2.45, 2.75) is 36.3 Å². The predicted molar refractivity (Wildman–Crippen MR) is 99.1 cm³/mol. The van der Waals surface area contributed by atoms with Gasteiger partial charge in [0.15, 0.2) is 10.1 Å². The highest BCUT2D eigenvalue weighted by Gasteiger charge is 2.18. The number of nitrogens with zero attached hydrogens (tertiary/aromatic N) is 2. The molecule has 0 spiro atoms. The number of aromatic nitrogens is 2. The van der Waals surface area contributed by atoms with Crippen molar-refractivity contribution in [3.63, 3.8) is 0 Å². The van der Waals surface area contributed by atoms with Crippen LogP contribution in [0.5, 0.6) is 0 Å². The molecule has 2 rings (SSSR count). The summed E-state index contributed by atoms with van der Waals surface area (Å²) in [6, 6.07) is 6.98. The molecule has 1 heterocycles. The standard InChI is InChI=1S/C16H20N4O2S2/c1-4-5-13(21)18-12-8-6-11(7-9-12)14(22)10(2)23-16-20-19-15(17-3)24-16/h6-10H,4-5H2,1-3H3,(H,17,19)(H,18,21)/t10-/m0/s1. The lowest BCUT2D eigenvalue weighted by Crippen LogP contribution is -2.14. The fraction of sp³-hybridized carbons (Fsp3) is 0.375. The van der Waals surface area contributed by atoms with Crippen LogP contribution in [0, 0.1) is 0 Å². The van der Waals surface area contributed by atoms with E-state index in [0.29, 0.717) is 17.7 Å². The van der Waals surface area contributed by atoms with E-state index in [-0.39, 0.29) is 16.9 Å². The van der Waals surface area contributed by atoms with Gasteiger partial charge in [0, 0.05) is 24.7 Å². The fourth-order valence-electron chi connectivity index (χ4n) is 1.97. The molecule has 128 valence electrons. The Morgan fingerprint density at radius 2 is 1.96 bits per heavy atom. The van der Waals surface area contributed by atoms with Crippen LogP contribution >= 0.6 is 23.1 Å². The summed E-state index contributed by atoms with van der Waals surface area (Å²) in [5, 5.41) is 14.2. The molecule has 0 saturated heterocycles. The SMILES string of the molecule is CCCC(=O)Nc1ccc(C(=O)[C@H](C)Sc2nnc(NC)s2)cc1. The van der Waals surface area contributed by atoms with E-state index >= 15 is 0 Å². The lowest BCUT2D eigenvalue weighted by molar-refractivity contribution is -0.116. The molecule has 8 heteroatoms. The summed E-state index contributed by atoms with van der Waals surface area (Å²) in [6.45, 7) is 3.81. The Morgan fingerprint density at radius 3 is 2.54 bits per heavy atom. The molecule has 0 radical (unpaired) electrons. The maximum Gasteiger partial charge on any atom is 0.224 e. The third kappa shape index (κ3) is 5.04. The summed E-state index contributed by atoms with van der Waals surface area (Å²) in [5.41, 5.74) is 1.31. The number of benzene rings is 1. The number of ketones is 1. The minimum atomic E-state index is -0.261. The van der Waals surface area contributed by atoms with Crippen molar-refractivity contribution in [3.05, 3.63) is 29.8 Å². The molecule has 1 atom stereocenters. The summed E-state index contributed by atoms with van der Waals surface area (Å²) in [6.07, 6.45) is 1.29. The van der Waals surface area contributed by atoms with Gasteiger partial charge in [-0.1, -0.05) is 30.0 Å². The molecular weight excluding hydrogens is 344 g/mol. The first-order chi connectivity index (χ1) is 11.5. The molecule has 0 aliphatic carbocycles. The normalized spacial score (nSPS) is 11.8. The predicted octanol–water partition coefficient (Wildman–Crippen LogP) is 3.68. The Kier molecular flexibility index (Phi) is 6.74. The lowest BCUT2D eigenvalue weighted by Gasteiger charge is -2.09. The number of Topliss-reactive ketones (excluding diaryl/α,β-unsaturated/α-hetero) is 1. The van der Waals surface area contributed by atoms with Gasteiger partial charge in [-0.15, -0.1) is 10.2 Å². The van der Waals surface area contributed by atoms with Crippen LogP contribution < -0.4 is 10.6 Å². The summed E-state index contributed by atoms with van der Waals surface area (Å²) in [7, 11) is 1.78. The van der Waals surface area contributed by atoms with Gasteiger partial charge >= 0.3 is 0 Å². The van der Waals surface area contributed by atoms with E-state index in [9.17, 15) is 9.59 Å². The smallest absolute Gasteiger partial charge is 0.224 e. The first-order valence-electron chi connectivity index (χ1n) is 7.65. The van der Waals surface area contributed by atoms with Gasteiger partial charge in [-0.3, -0.25) is 9.59 Å². The van der Waals surface area contributed by atoms with Gasteiger partial charge in [0.25, 0.3) is 0 Å². The van der Waals surface area contributed by atoms with Crippen LogP contribution in [0.2, 0.25) is 0 Å². The molecule has 1 aromatic carbocycles. The van der Waals surface area contributed by atoms with Crippen LogP contribution in [0.15, 0.2) is 28.6 Å². The van der Waals surface area contributed by atoms with Gasteiger partial charge in [-0.2, -0.15) is 0 Å². The summed E-state index contributed by atoms with van der Waals surface area (Å²) < 4.78 is 0.753. The van der Waals surface area contributed by atoms with Gasteiger partial charge in [-0.05, 0) is 37.6 Å². The van der Waals surface area contributed by atoms with E-state index in [1.165, 1.54) is 23.1 Å². The summed E-state index contributed by atoms with van der Waals surface area (Å²) >= 11 is 2.81. The van der Waals surface area contributed by atoms with Crippen molar-refractivity contribution in [2.75, 3.05) is 17.7 Å². The third-order valence-electron chi connectivity index (χ3n) is 3.20. The number of anilines is 2. The molecule has 24 heavy (non-hydrogen) atoms. The Balaban J connectivity index is 1.97. The molecule has 0 unspecified atom stereocenters. The van der Waals surface area contributed by atoms with Crippen molar-refractivity contribution in [1.82, 2.24) is 10.2 Å². The Hall–Kier alpha value is -1.93. The van der Waals surface area contributed by atoms with E-state index < -0.39 is 0 Å². The number of rotatable bonds is 8. The van der Waals surface area contributed by atoms with Gasteiger partial charge < -0.3 is 10.6 Å². The monoisotopic (exact) mass is 364 g/mol. The molecule has 0 aliphatic rings. The Labute approximate surface area is 149 Å². The van der Waals surface area contributed by atoms with Gasteiger partial charge in [-0.25, -0.2) is 0 Å². The van der Waals surface area contributed by atoms with E-state index in [1.807, 2.05) is 13.8 Å². The summed E-state index contributed by atoms with van der Waals surface area (Å²) in [5.74, 6) is 0.00440. The largest absolute Gasteiger partial charge is 0.363 e. The molecule has 0 aliphatic heterocycles. The summed E-state index contributed by atoms with van der Waals surface area (Å²) in [4.78, 5) is 24.1. The average molecular weight is 364 g/mol. The number of thioether (sulfide) groups is 1. The fourth-order valence-corrected chi connectivity index (χ4v) is 3.89. The number of hydrogen-bond donors (Lipinski definition) is 2. The third-order valence-corrected chi connectivity index (χ3v) is 5.32. The van der Waals surface area contributed by atoms with Crippen LogP contribution in [0.1, 0.15) is 37.0 Å². The number of carbonyl (C=O) groups excluding carboxylic acids is 2. The van der Waals surface area contributed by atoms with Crippen LogP contribution in [-0.4, -0.2) is 34.2 Å². The first kappa shape index (κ1) is 18.4. The Morgan fingerprint density at radius 1 is 1.25 bits per heavy atom. The zero-order valence-corrected chi connectivity index (χ0v) is 15.5. The van der Waals surface area contributed by atoms with Crippen molar-refractivity contribution >= 4 is 45.6 Å². The Bertz CT molecular complexity index is 700. The lowest BCUT2D eigenvalue weighted by atomic mass is 10.1. The molecule has 0 saturated carbocycles. The highest BCUT2D eigenvalue weighted by Crippen LogP contribution is 2.30. The van der Waals surface area contributed by atoms with Gasteiger partial charge in [0.05, 0.1) is 5.25 Å². The minimum absolute atomic E-state index is 0.0166. The van der Waals surface area contributed by atoms with Crippen molar-refractivity contribution < 1.29 is 9.59 Å². The second kappa shape index (κ2) is 8.79. The highest BCUT2D eigenvalue weighted by atomic mass is 32.2. The molecule has 1 aromatic heterocycles. The molecule has 6 nitrogen and oxygen atoms in total. The van der Waals surface area contributed by atoms with E-state index in [1.54, 1.807) is 31.3 Å². The van der Waals surface area contributed by atoms with E-state index in [4.69, 9.17) is 0 Å². The quantitative estimate of drug-likeness (QED) is 0.549. The van der Waals surface area contributed by atoms with Gasteiger partial charge in [0.1, 0.15) is 0 Å². The number of hydrogen-bond acceptors (Lipinski definition) is 7. The van der Waals surface area contributed by atoms with Crippen LogP contribution in [0.3, 0.4) is 0 Å². The molecule has 2 N–H and O–H groups in total. The number of amides is 1. The zero-order valence-electron chi connectivity index (χ0n) is 13.8. The first-order valence-corrected chi connectivity index (χ1v) is 9.35.